The van der Waals surface area contributed by atoms with Crippen molar-refractivity contribution < 1.29 is 0 Å². The Morgan fingerprint density at radius 1 is 0.474 bits per heavy atom. The number of hydrogen-bond donors (Lipinski definition) is 0. The molecule has 116 valence electrons. The summed E-state index contributed by atoms with van der Waals surface area (Å²) >= 11 is 47.2. The number of halogens is 13. The topological polar surface area (TPSA) is 0 Å². The van der Waals surface area contributed by atoms with Gasteiger partial charge >= 0.3 is 0 Å². The van der Waals surface area contributed by atoms with Gasteiger partial charge in [0.05, 0.1) is 3.74 Å². The van der Waals surface area contributed by atoms with E-state index in [4.69, 9.17) is 0 Å². The molecule has 0 nitrogen and oxygen atoms in total. The molecule has 0 aliphatic carbocycles. The maximum atomic E-state index is 3.73. The van der Waals surface area contributed by atoms with Crippen LogP contribution in [0.15, 0.2) is 0 Å². The van der Waals surface area contributed by atoms with Crippen molar-refractivity contribution in [1.82, 2.24) is 0 Å². The van der Waals surface area contributed by atoms with E-state index < -0.39 is 15.1 Å². The number of rotatable bonds is 2. The highest BCUT2D eigenvalue weighted by Gasteiger charge is 2.76. The molecule has 0 spiro atoms. The summed E-state index contributed by atoms with van der Waals surface area (Å²) in [6.45, 7) is 0. The molecule has 0 aliphatic heterocycles. The van der Waals surface area contributed by atoms with Crippen molar-refractivity contribution in [2.75, 3.05) is 0 Å². The van der Waals surface area contributed by atoms with Crippen LogP contribution in [0.2, 0.25) is 0 Å². The van der Waals surface area contributed by atoms with E-state index in [2.05, 4.69) is 207 Å². The van der Waals surface area contributed by atoms with Gasteiger partial charge in [0.1, 0.15) is 15.1 Å². The van der Waals surface area contributed by atoms with Gasteiger partial charge in [0.15, 0.2) is 0 Å². The third-order valence-corrected chi connectivity index (χ3v) is 13.3. The second kappa shape index (κ2) is 8.50. The Labute approximate surface area is 221 Å². The molecule has 0 aromatic heterocycles. The lowest BCUT2D eigenvalue weighted by Gasteiger charge is -2.58. The minimum Gasteiger partial charge on any atom is -0.0739 e. The van der Waals surface area contributed by atoms with Crippen LogP contribution >= 0.6 is 207 Å². The Bertz CT molecular complexity index is 277. The predicted molar refractivity (Wildman–Crippen MR) is 133 cm³/mol. The zero-order chi connectivity index (χ0) is 16.1. The molecule has 19 heavy (non-hydrogen) atoms. The quantitative estimate of drug-likeness (QED) is 0.242. The Hall–Kier alpha value is 6.24. The standard InChI is InChI=1S/C6HBr13/c7-1(8)2(9,10)3(4(11,12)13,5(14,15)16)6(17,18)19/h1H. The monoisotopic (exact) mass is 1100 g/mol. The van der Waals surface area contributed by atoms with Gasteiger partial charge in [-0.3, -0.25) is 0 Å². The van der Waals surface area contributed by atoms with Gasteiger partial charge in [-0.1, -0.05) is 207 Å². The lowest BCUT2D eigenvalue weighted by atomic mass is 9.92. The SMILES string of the molecule is BrC(Br)C(Br)(Br)C(C(Br)(Br)Br)(C(Br)(Br)Br)C(Br)(Br)Br. The van der Waals surface area contributed by atoms with Gasteiger partial charge in [0, 0.05) is 0 Å². The van der Waals surface area contributed by atoms with Crippen molar-refractivity contribution in [3.05, 3.63) is 0 Å². The summed E-state index contributed by atoms with van der Waals surface area (Å²) in [6, 6.07) is 0. The molecule has 0 aromatic rings. The van der Waals surface area contributed by atoms with Gasteiger partial charge in [-0.25, -0.2) is 0 Å². The third kappa shape index (κ3) is 5.15. The molecule has 0 N–H and O–H groups in total. The third-order valence-electron chi connectivity index (χ3n) is 2.05. The second-order valence-corrected chi connectivity index (χ2v) is 30.1. The molecule has 0 bridgehead atoms. The molecule has 0 aromatic carbocycles. The van der Waals surface area contributed by atoms with E-state index in [1.54, 1.807) is 0 Å². The van der Waals surface area contributed by atoms with Gasteiger partial charge in [0.2, 0.25) is 0 Å². The molecular weight excluding hydrogens is 1110 g/mol. The molecule has 0 radical (unpaired) electrons. The van der Waals surface area contributed by atoms with Crippen LogP contribution in [0, 0.1) is 5.41 Å². The smallest absolute Gasteiger partial charge is 0.0739 e. The minimum absolute atomic E-state index is 0.154. The summed E-state index contributed by atoms with van der Waals surface area (Å²) in [7, 11) is 0. The van der Waals surface area contributed by atoms with Crippen LogP contribution in [-0.4, -0.2) is 13.4 Å². The first-order valence-corrected chi connectivity index (χ1v) is 14.4. The summed E-state index contributed by atoms with van der Waals surface area (Å²) in [6.07, 6.45) is 0. The molecule has 13 heteroatoms. The lowest BCUT2D eigenvalue weighted by Crippen LogP contribution is -2.64. The van der Waals surface area contributed by atoms with E-state index in [1.807, 2.05) is 0 Å². The first-order valence-electron chi connectivity index (χ1n) is 3.80. The second-order valence-electron chi connectivity index (χ2n) is 3.17. The van der Waals surface area contributed by atoms with Crippen LogP contribution in [0.3, 0.4) is 0 Å². The van der Waals surface area contributed by atoms with Gasteiger partial charge in [-0.15, -0.1) is 0 Å². The Balaban J connectivity index is 6.63. The Kier molecular flexibility index (Phi) is 11.3. The fraction of sp³-hybridized carbons (Fsp3) is 1.00. The molecule has 0 aliphatic rings. The van der Waals surface area contributed by atoms with E-state index in [1.165, 1.54) is 0 Å². The van der Waals surface area contributed by atoms with Crippen molar-refractivity contribution in [1.29, 1.82) is 0 Å². The van der Waals surface area contributed by atoms with Crippen molar-refractivity contribution >= 4 is 207 Å². The van der Waals surface area contributed by atoms with E-state index in [0.29, 0.717) is 0 Å². The number of hydrogen-bond acceptors (Lipinski definition) is 0. The van der Waals surface area contributed by atoms with Crippen LogP contribution < -0.4 is 0 Å². The van der Waals surface area contributed by atoms with Crippen molar-refractivity contribution in [2.24, 2.45) is 5.41 Å². The highest BCUT2D eigenvalue weighted by Crippen LogP contribution is 2.79. The van der Waals surface area contributed by atoms with Gasteiger partial charge in [-0.05, 0) is 0 Å². The zero-order valence-electron chi connectivity index (χ0n) is 7.99. The van der Waals surface area contributed by atoms with Crippen molar-refractivity contribution in [3.63, 3.8) is 0 Å². The van der Waals surface area contributed by atoms with Crippen LogP contribution in [0.25, 0.3) is 0 Å². The molecule has 0 heterocycles. The van der Waals surface area contributed by atoms with E-state index in [9.17, 15) is 0 Å². The highest BCUT2D eigenvalue weighted by molar-refractivity contribution is 9.42. The van der Waals surface area contributed by atoms with Crippen LogP contribution in [0.5, 0.6) is 0 Å². The molecule has 0 atom stereocenters. The van der Waals surface area contributed by atoms with Crippen LogP contribution in [-0.2, 0) is 0 Å². The maximum absolute atomic E-state index is 3.73. The summed E-state index contributed by atoms with van der Waals surface area (Å²) in [4.78, 5) is 0. The normalized spacial score (nSPS) is 16.1. The maximum Gasteiger partial charge on any atom is 0.148 e. The summed E-state index contributed by atoms with van der Waals surface area (Å²) < 4.78 is -3.10. The summed E-state index contributed by atoms with van der Waals surface area (Å²) in [5, 5.41) is 0. The fourth-order valence-electron chi connectivity index (χ4n) is 1.21. The van der Waals surface area contributed by atoms with Gasteiger partial charge < -0.3 is 0 Å². The molecule has 0 saturated heterocycles. The van der Waals surface area contributed by atoms with Crippen molar-refractivity contribution in [2.45, 2.75) is 13.4 Å². The van der Waals surface area contributed by atoms with E-state index >= 15 is 0 Å². The van der Waals surface area contributed by atoms with Gasteiger partial charge in [-0.2, -0.15) is 0 Å². The first kappa shape index (κ1) is 25.2. The first-order chi connectivity index (χ1) is 7.94. The van der Waals surface area contributed by atoms with Crippen LogP contribution in [0.1, 0.15) is 0 Å². The van der Waals surface area contributed by atoms with Gasteiger partial charge in [0.25, 0.3) is 0 Å². The average Bonchev–Trinajstić information content (AvgIpc) is 1.92. The van der Waals surface area contributed by atoms with Crippen molar-refractivity contribution in [3.8, 4) is 0 Å². The average molecular weight is 1110 g/mol. The predicted octanol–water partition coefficient (Wildman–Crippen LogP) is 10.1. The summed E-state index contributed by atoms with van der Waals surface area (Å²) in [5.74, 6) is 0. The number of alkyl halides is 13. The lowest BCUT2D eigenvalue weighted by molar-refractivity contribution is 0.357. The molecular formula is C6HBr13. The summed E-state index contributed by atoms with van der Waals surface area (Å²) in [5.41, 5.74) is -0.780. The minimum atomic E-state index is -0.780. The highest BCUT2D eigenvalue weighted by atomic mass is 80.0. The molecule has 0 amide bonds. The molecule has 0 unspecified atom stereocenters. The zero-order valence-corrected chi connectivity index (χ0v) is 28.6. The molecule has 0 fully saturated rings. The molecule has 0 rings (SSSR count). The Morgan fingerprint density at radius 3 is 0.737 bits per heavy atom. The fourth-order valence-corrected chi connectivity index (χ4v) is 23.8. The van der Waals surface area contributed by atoms with Crippen LogP contribution in [0.4, 0.5) is 0 Å². The molecule has 0 saturated carbocycles. The van der Waals surface area contributed by atoms with E-state index in [-0.39, 0.29) is 3.74 Å². The Morgan fingerprint density at radius 2 is 0.684 bits per heavy atom. The van der Waals surface area contributed by atoms with E-state index in [0.717, 1.165) is 0 Å². The largest absolute Gasteiger partial charge is 0.148 e.